The number of hydrogen-bond acceptors (Lipinski definition) is 2. The van der Waals surface area contributed by atoms with Crippen molar-refractivity contribution in [2.75, 3.05) is 0 Å². The molecular weight excluding hydrogens is 262 g/mol. The number of benzene rings is 1. The molecule has 0 atom stereocenters. The smallest absolute Gasteiger partial charge is 0.185 e. The van der Waals surface area contributed by atoms with E-state index in [0.29, 0.717) is 5.56 Å². The highest BCUT2D eigenvalue weighted by Gasteiger charge is 2.02. The lowest BCUT2D eigenvalue weighted by molar-refractivity contribution is 0.104. The van der Waals surface area contributed by atoms with Gasteiger partial charge in [-0.1, -0.05) is 0 Å². The van der Waals surface area contributed by atoms with E-state index in [0.717, 1.165) is 11.4 Å². The molecule has 2 heterocycles. The quantitative estimate of drug-likeness (QED) is 0.543. The molecule has 4 heteroatoms. The van der Waals surface area contributed by atoms with Gasteiger partial charge < -0.3 is 4.57 Å². The van der Waals surface area contributed by atoms with Gasteiger partial charge in [0, 0.05) is 36.9 Å². The maximum Gasteiger partial charge on any atom is 0.185 e. The maximum atomic E-state index is 12.1. The maximum absolute atomic E-state index is 12.1. The van der Waals surface area contributed by atoms with Crippen molar-refractivity contribution in [1.82, 2.24) is 14.3 Å². The summed E-state index contributed by atoms with van der Waals surface area (Å²) in [4.78, 5) is 12.1. The normalized spacial score (nSPS) is 11.1. The minimum atomic E-state index is -0.0280. The van der Waals surface area contributed by atoms with Gasteiger partial charge in [0.25, 0.3) is 0 Å². The molecule has 0 saturated carbocycles. The van der Waals surface area contributed by atoms with Crippen LogP contribution in [0.1, 0.15) is 16.1 Å². The van der Waals surface area contributed by atoms with Crippen LogP contribution in [0.2, 0.25) is 0 Å². The van der Waals surface area contributed by atoms with E-state index in [1.807, 2.05) is 72.7 Å². The molecule has 0 unspecified atom stereocenters. The highest BCUT2D eigenvalue weighted by Crippen LogP contribution is 2.11. The highest BCUT2D eigenvalue weighted by molar-refractivity contribution is 6.06. The minimum Gasteiger partial charge on any atom is -0.324 e. The topological polar surface area (TPSA) is 39.8 Å². The molecule has 0 bridgehead atoms. The van der Waals surface area contributed by atoms with Crippen LogP contribution in [-0.2, 0) is 7.05 Å². The largest absolute Gasteiger partial charge is 0.324 e. The summed E-state index contributed by atoms with van der Waals surface area (Å²) in [6.45, 7) is 0. The summed E-state index contributed by atoms with van der Waals surface area (Å²) in [5.41, 5.74) is 2.47. The number of ketones is 1. The van der Waals surface area contributed by atoms with Gasteiger partial charge in [-0.25, -0.2) is 0 Å². The number of rotatable bonds is 4. The van der Waals surface area contributed by atoms with Crippen LogP contribution in [0.4, 0.5) is 0 Å². The molecular formula is C17H15N3O. The fraction of sp³-hybridized carbons (Fsp3) is 0.0588. The van der Waals surface area contributed by atoms with Gasteiger partial charge in [-0.15, -0.1) is 0 Å². The Morgan fingerprint density at radius 2 is 1.76 bits per heavy atom. The number of aromatic nitrogens is 3. The Kier molecular flexibility index (Phi) is 3.51. The summed E-state index contributed by atoms with van der Waals surface area (Å²) in [6.07, 6.45) is 9.06. The van der Waals surface area contributed by atoms with E-state index in [1.54, 1.807) is 16.8 Å². The van der Waals surface area contributed by atoms with Crippen LogP contribution in [0.3, 0.4) is 0 Å². The van der Waals surface area contributed by atoms with Crippen molar-refractivity contribution >= 4 is 11.9 Å². The molecule has 3 aromatic rings. The third-order valence-electron chi connectivity index (χ3n) is 3.19. The average Bonchev–Trinajstić information content (AvgIpc) is 3.16. The number of carbonyl (C=O) groups is 1. The van der Waals surface area contributed by atoms with E-state index in [-0.39, 0.29) is 5.78 Å². The van der Waals surface area contributed by atoms with Crippen LogP contribution in [-0.4, -0.2) is 20.1 Å². The van der Waals surface area contributed by atoms with E-state index >= 15 is 0 Å². The molecule has 0 spiro atoms. The summed E-state index contributed by atoms with van der Waals surface area (Å²) in [7, 11) is 1.85. The van der Waals surface area contributed by atoms with E-state index in [2.05, 4.69) is 5.10 Å². The summed E-state index contributed by atoms with van der Waals surface area (Å²) >= 11 is 0. The zero-order chi connectivity index (χ0) is 14.7. The van der Waals surface area contributed by atoms with Crippen LogP contribution in [0.25, 0.3) is 11.8 Å². The van der Waals surface area contributed by atoms with Crippen molar-refractivity contribution < 1.29 is 4.79 Å². The van der Waals surface area contributed by atoms with E-state index < -0.39 is 0 Å². The summed E-state index contributed by atoms with van der Waals surface area (Å²) < 4.78 is 3.70. The van der Waals surface area contributed by atoms with Gasteiger partial charge in [0.2, 0.25) is 0 Å². The van der Waals surface area contributed by atoms with E-state index in [9.17, 15) is 4.79 Å². The van der Waals surface area contributed by atoms with Crippen LogP contribution in [0, 0.1) is 0 Å². The van der Waals surface area contributed by atoms with Crippen LogP contribution >= 0.6 is 0 Å². The summed E-state index contributed by atoms with van der Waals surface area (Å²) in [5, 5.41) is 4.20. The number of aryl methyl sites for hydroxylation is 1. The first-order chi connectivity index (χ1) is 10.2. The SMILES string of the molecule is Cn1ccc(/C=C/C(=O)c2ccc(-n3cccc3)cc2)n1. The molecule has 4 nitrogen and oxygen atoms in total. The first-order valence-electron chi connectivity index (χ1n) is 6.68. The molecule has 3 rings (SSSR count). The van der Waals surface area contributed by atoms with Gasteiger partial charge in [-0.2, -0.15) is 5.10 Å². The van der Waals surface area contributed by atoms with Crippen LogP contribution in [0.15, 0.2) is 67.1 Å². The molecule has 2 aromatic heterocycles. The van der Waals surface area contributed by atoms with Crippen molar-refractivity contribution in [2.24, 2.45) is 7.05 Å². The lowest BCUT2D eigenvalue weighted by Gasteiger charge is -2.03. The van der Waals surface area contributed by atoms with E-state index in [4.69, 9.17) is 0 Å². The van der Waals surface area contributed by atoms with Crippen molar-refractivity contribution in [3.8, 4) is 5.69 Å². The number of nitrogens with zero attached hydrogens (tertiary/aromatic N) is 3. The minimum absolute atomic E-state index is 0.0280. The molecule has 104 valence electrons. The Bertz CT molecular complexity index is 765. The van der Waals surface area contributed by atoms with Crippen LogP contribution < -0.4 is 0 Å². The Labute approximate surface area is 123 Å². The second-order valence-electron chi connectivity index (χ2n) is 4.75. The highest BCUT2D eigenvalue weighted by atomic mass is 16.1. The Balaban J connectivity index is 1.74. The standard InChI is InChI=1S/C17H15N3O/c1-19-13-10-15(18-19)6-9-17(21)14-4-7-16(8-5-14)20-11-2-3-12-20/h2-13H,1H3/b9-6+. The molecule has 0 N–H and O–H groups in total. The molecule has 0 aliphatic carbocycles. The third kappa shape index (κ3) is 3.00. The lowest BCUT2D eigenvalue weighted by atomic mass is 10.1. The fourth-order valence-electron chi connectivity index (χ4n) is 2.08. The fourth-order valence-corrected chi connectivity index (χ4v) is 2.08. The van der Waals surface area contributed by atoms with Crippen molar-refractivity contribution in [2.45, 2.75) is 0 Å². The zero-order valence-corrected chi connectivity index (χ0v) is 11.7. The zero-order valence-electron chi connectivity index (χ0n) is 11.7. The second kappa shape index (κ2) is 5.63. The monoisotopic (exact) mass is 277 g/mol. The van der Waals surface area contributed by atoms with Crippen molar-refractivity contribution in [3.05, 3.63) is 78.4 Å². The Morgan fingerprint density at radius 1 is 1.05 bits per heavy atom. The van der Waals surface area contributed by atoms with Gasteiger partial charge in [0.05, 0.1) is 5.69 Å². The first kappa shape index (κ1) is 13.1. The summed E-state index contributed by atoms with van der Waals surface area (Å²) in [5.74, 6) is -0.0280. The number of hydrogen-bond donors (Lipinski definition) is 0. The van der Waals surface area contributed by atoms with Crippen molar-refractivity contribution in [3.63, 3.8) is 0 Å². The molecule has 0 aliphatic heterocycles. The third-order valence-corrected chi connectivity index (χ3v) is 3.19. The molecule has 0 radical (unpaired) electrons. The predicted molar refractivity (Wildman–Crippen MR) is 82.3 cm³/mol. The first-order valence-corrected chi connectivity index (χ1v) is 6.68. The molecule has 0 amide bonds. The van der Waals surface area contributed by atoms with Gasteiger partial charge in [-0.05, 0) is 54.6 Å². The Hall–Kier alpha value is -2.88. The van der Waals surface area contributed by atoms with Gasteiger partial charge in [-0.3, -0.25) is 9.48 Å². The van der Waals surface area contributed by atoms with E-state index in [1.165, 1.54) is 0 Å². The molecule has 1 aromatic carbocycles. The molecule has 21 heavy (non-hydrogen) atoms. The Morgan fingerprint density at radius 3 is 2.38 bits per heavy atom. The lowest BCUT2D eigenvalue weighted by Crippen LogP contribution is -1.96. The molecule has 0 fully saturated rings. The predicted octanol–water partition coefficient (Wildman–Crippen LogP) is 3.11. The second-order valence-corrected chi connectivity index (χ2v) is 4.75. The average molecular weight is 277 g/mol. The molecule has 0 saturated heterocycles. The van der Waals surface area contributed by atoms with Gasteiger partial charge >= 0.3 is 0 Å². The van der Waals surface area contributed by atoms with Gasteiger partial charge in [0.15, 0.2) is 5.78 Å². The van der Waals surface area contributed by atoms with Crippen molar-refractivity contribution in [1.29, 1.82) is 0 Å². The van der Waals surface area contributed by atoms with Crippen LogP contribution in [0.5, 0.6) is 0 Å². The summed E-state index contributed by atoms with van der Waals surface area (Å²) in [6, 6.07) is 13.3. The number of allylic oxidation sites excluding steroid dienone is 1. The van der Waals surface area contributed by atoms with Gasteiger partial charge in [0.1, 0.15) is 0 Å². The number of carbonyl (C=O) groups excluding carboxylic acids is 1. The molecule has 0 aliphatic rings.